The third-order valence-corrected chi connectivity index (χ3v) is 1.98. The van der Waals surface area contributed by atoms with E-state index in [1.807, 2.05) is 0 Å². The monoisotopic (exact) mass is 199 g/mol. The molecule has 0 bridgehead atoms. The highest BCUT2D eigenvalue weighted by Crippen LogP contribution is 2.04. The lowest BCUT2D eigenvalue weighted by Gasteiger charge is -1.99. The van der Waals surface area contributed by atoms with Crippen molar-refractivity contribution in [3.63, 3.8) is 0 Å². The maximum Gasteiger partial charge on any atom is 0.133 e. The molecule has 0 atom stereocenters. The molecule has 3 heteroatoms. The maximum atomic E-state index is 11.1. The number of Topliss-reactive ketones (excluding diaryl/α,β-unsaturated/α-hetero) is 2. The molecular formula is C11H19O3. The maximum absolute atomic E-state index is 11.1. The lowest BCUT2D eigenvalue weighted by molar-refractivity contribution is -0.120. The molecule has 0 amide bonds. The van der Waals surface area contributed by atoms with Crippen LogP contribution in [0.5, 0.6) is 0 Å². The fourth-order valence-corrected chi connectivity index (χ4v) is 1.21. The van der Waals surface area contributed by atoms with E-state index in [2.05, 4.69) is 6.92 Å². The van der Waals surface area contributed by atoms with Crippen molar-refractivity contribution >= 4 is 11.6 Å². The van der Waals surface area contributed by atoms with Crippen LogP contribution in [0.4, 0.5) is 0 Å². The molecule has 0 aliphatic rings. The minimum absolute atomic E-state index is 0.0617. The van der Waals surface area contributed by atoms with Crippen LogP contribution in [-0.2, 0) is 9.59 Å². The molecule has 1 N–H and O–H groups in total. The number of ketones is 2. The van der Waals surface area contributed by atoms with Crippen LogP contribution in [0.3, 0.4) is 0 Å². The Morgan fingerprint density at radius 2 is 1.43 bits per heavy atom. The van der Waals surface area contributed by atoms with E-state index in [9.17, 15) is 9.59 Å². The van der Waals surface area contributed by atoms with E-state index in [0.29, 0.717) is 44.9 Å². The molecule has 0 spiro atoms. The second kappa shape index (κ2) is 8.88. The zero-order chi connectivity index (χ0) is 10.8. The van der Waals surface area contributed by atoms with Gasteiger partial charge in [-0.15, -0.1) is 0 Å². The Balaban J connectivity index is 3.34. The van der Waals surface area contributed by atoms with Crippen molar-refractivity contribution in [3.8, 4) is 0 Å². The second-order valence-corrected chi connectivity index (χ2v) is 3.36. The standard InChI is InChI=1S/C11H19O3/c1-2-5-10(13)6-3-7-11(14)8-4-9-12/h12H,1-9H2. The minimum atomic E-state index is 0.0617. The van der Waals surface area contributed by atoms with Crippen molar-refractivity contribution in [2.75, 3.05) is 6.61 Å². The van der Waals surface area contributed by atoms with Gasteiger partial charge in [0.25, 0.3) is 0 Å². The smallest absolute Gasteiger partial charge is 0.133 e. The van der Waals surface area contributed by atoms with Crippen LogP contribution in [0.25, 0.3) is 0 Å². The fourth-order valence-electron chi connectivity index (χ4n) is 1.21. The summed E-state index contributed by atoms with van der Waals surface area (Å²) in [6, 6.07) is 0. The normalized spacial score (nSPS) is 10.1. The average molecular weight is 199 g/mol. The van der Waals surface area contributed by atoms with Gasteiger partial charge in [-0.05, 0) is 19.3 Å². The Morgan fingerprint density at radius 1 is 0.929 bits per heavy atom. The highest BCUT2D eigenvalue weighted by atomic mass is 16.3. The summed E-state index contributed by atoms with van der Waals surface area (Å²) >= 11 is 0. The Kier molecular flexibility index (Phi) is 8.43. The van der Waals surface area contributed by atoms with Gasteiger partial charge in [-0.1, -0.05) is 6.92 Å². The third-order valence-electron chi connectivity index (χ3n) is 1.98. The molecule has 0 fully saturated rings. The van der Waals surface area contributed by atoms with E-state index in [1.54, 1.807) is 0 Å². The second-order valence-electron chi connectivity index (χ2n) is 3.36. The van der Waals surface area contributed by atoms with Gasteiger partial charge in [-0.2, -0.15) is 0 Å². The molecule has 0 aromatic rings. The largest absolute Gasteiger partial charge is 0.396 e. The van der Waals surface area contributed by atoms with Crippen LogP contribution < -0.4 is 0 Å². The van der Waals surface area contributed by atoms with Gasteiger partial charge in [0.05, 0.1) is 0 Å². The summed E-state index contributed by atoms with van der Waals surface area (Å²) in [6.45, 7) is 3.66. The molecule has 0 aromatic heterocycles. The molecule has 0 aliphatic heterocycles. The Bertz CT molecular complexity index is 175. The summed E-state index contributed by atoms with van der Waals surface area (Å²) in [7, 11) is 0. The molecule has 0 saturated heterocycles. The minimum Gasteiger partial charge on any atom is -0.396 e. The molecule has 1 radical (unpaired) electrons. The van der Waals surface area contributed by atoms with Crippen molar-refractivity contribution < 1.29 is 14.7 Å². The van der Waals surface area contributed by atoms with Crippen LogP contribution in [-0.4, -0.2) is 23.3 Å². The SMILES string of the molecule is [CH2]CCC(=O)CCCC(=O)CCCO. The predicted molar refractivity (Wildman–Crippen MR) is 54.8 cm³/mol. The topological polar surface area (TPSA) is 54.4 Å². The zero-order valence-corrected chi connectivity index (χ0v) is 8.63. The van der Waals surface area contributed by atoms with E-state index in [4.69, 9.17) is 5.11 Å². The molecule has 0 unspecified atom stereocenters. The average Bonchev–Trinajstić information content (AvgIpc) is 2.15. The van der Waals surface area contributed by atoms with Crippen LogP contribution in [0, 0.1) is 6.92 Å². The van der Waals surface area contributed by atoms with Crippen LogP contribution in [0.1, 0.15) is 44.9 Å². The van der Waals surface area contributed by atoms with Crippen LogP contribution >= 0.6 is 0 Å². The van der Waals surface area contributed by atoms with E-state index >= 15 is 0 Å². The van der Waals surface area contributed by atoms with Crippen LogP contribution in [0.15, 0.2) is 0 Å². The lowest BCUT2D eigenvalue weighted by Crippen LogP contribution is -2.02. The first-order valence-corrected chi connectivity index (χ1v) is 5.14. The summed E-state index contributed by atoms with van der Waals surface area (Å²) in [5.74, 6) is 0.330. The number of rotatable bonds is 9. The molecule has 0 heterocycles. The fraction of sp³-hybridized carbons (Fsp3) is 0.727. The summed E-state index contributed by atoms with van der Waals surface area (Å²) in [4.78, 5) is 22.2. The number of aliphatic hydroxyl groups is 1. The predicted octanol–water partition coefficient (Wildman–Crippen LogP) is 1.68. The van der Waals surface area contributed by atoms with Gasteiger partial charge in [-0.3, -0.25) is 9.59 Å². The number of hydrogen-bond donors (Lipinski definition) is 1. The number of carbonyl (C=O) groups is 2. The van der Waals surface area contributed by atoms with Crippen molar-refractivity contribution in [1.82, 2.24) is 0 Å². The molecule has 0 aliphatic carbocycles. The van der Waals surface area contributed by atoms with Gasteiger partial charge in [0.1, 0.15) is 11.6 Å². The van der Waals surface area contributed by atoms with Crippen molar-refractivity contribution in [2.45, 2.75) is 44.9 Å². The van der Waals surface area contributed by atoms with Gasteiger partial charge < -0.3 is 5.11 Å². The number of hydrogen-bond acceptors (Lipinski definition) is 3. The summed E-state index contributed by atoms with van der Waals surface area (Å²) in [5, 5.41) is 8.49. The van der Waals surface area contributed by atoms with Gasteiger partial charge in [0, 0.05) is 32.3 Å². The quantitative estimate of drug-likeness (QED) is 0.614. The van der Waals surface area contributed by atoms with Gasteiger partial charge in [-0.25, -0.2) is 0 Å². The highest BCUT2D eigenvalue weighted by Gasteiger charge is 2.04. The lowest BCUT2D eigenvalue weighted by atomic mass is 10.1. The van der Waals surface area contributed by atoms with Crippen molar-refractivity contribution in [2.24, 2.45) is 0 Å². The third kappa shape index (κ3) is 7.92. The van der Waals surface area contributed by atoms with Gasteiger partial charge in [0.2, 0.25) is 0 Å². The highest BCUT2D eigenvalue weighted by molar-refractivity contribution is 5.81. The van der Waals surface area contributed by atoms with E-state index in [-0.39, 0.29) is 18.2 Å². The van der Waals surface area contributed by atoms with E-state index < -0.39 is 0 Å². The summed E-state index contributed by atoms with van der Waals surface area (Å²) in [5.41, 5.74) is 0. The van der Waals surface area contributed by atoms with E-state index in [0.717, 1.165) is 0 Å². The molecule has 14 heavy (non-hydrogen) atoms. The number of aliphatic hydroxyl groups excluding tert-OH is 1. The van der Waals surface area contributed by atoms with Crippen LogP contribution in [0.2, 0.25) is 0 Å². The Morgan fingerprint density at radius 3 is 1.93 bits per heavy atom. The Hall–Kier alpha value is -0.700. The molecular weight excluding hydrogens is 180 g/mol. The summed E-state index contributed by atoms with van der Waals surface area (Å²) in [6.07, 6.45) is 3.71. The first-order valence-electron chi connectivity index (χ1n) is 5.14. The molecule has 0 saturated carbocycles. The van der Waals surface area contributed by atoms with E-state index in [1.165, 1.54) is 0 Å². The molecule has 3 nitrogen and oxygen atoms in total. The van der Waals surface area contributed by atoms with Crippen molar-refractivity contribution in [3.05, 3.63) is 6.92 Å². The van der Waals surface area contributed by atoms with Gasteiger partial charge >= 0.3 is 0 Å². The van der Waals surface area contributed by atoms with Gasteiger partial charge in [0.15, 0.2) is 0 Å². The molecule has 0 aromatic carbocycles. The molecule has 81 valence electrons. The molecule has 0 rings (SSSR count). The number of carbonyl (C=O) groups excluding carboxylic acids is 2. The van der Waals surface area contributed by atoms with Crippen molar-refractivity contribution in [1.29, 1.82) is 0 Å². The first kappa shape index (κ1) is 13.3. The summed E-state index contributed by atoms with van der Waals surface area (Å²) < 4.78 is 0. The Labute approximate surface area is 85.5 Å². The zero-order valence-electron chi connectivity index (χ0n) is 8.63. The first-order chi connectivity index (χ1) is 6.70.